The molecule has 0 fully saturated rings. The lowest BCUT2D eigenvalue weighted by Gasteiger charge is -2.39. The summed E-state index contributed by atoms with van der Waals surface area (Å²) in [6.07, 6.45) is -8.12. The van der Waals surface area contributed by atoms with Gasteiger partial charge in [0.05, 0.1) is 40.5 Å². The molecule has 0 saturated carbocycles. The molecule has 1 atom stereocenters. The van der Waals surface area contributed by atoms with E-state index in [1.54, 1.807) is 76.4 Å². The number of unbranched alkanes of at least 4 members (excludes halogenated alkanes) is 5. The van der Waals surface area contributed by atoms with Gasteiger partial charge in [-0.1, -0.05) is 48.7 Å². The highest BCUT2D eigenvalue weighted by Crippen LogP contribution is 2.62. The van der Waals surface area contributed by atoms with Gasteiger partial charge in [0.15, 0.2) is 17.1 Å². The second kappa shape index (κ2) is 25.7. The third kappa shape index (κ3) is 14.8. The molecule has 4 aromatic carbocycles. The number of aliphatic hydroxyl groups excluding tert-OH is 1. The monoisotopic (exact) mass is 1170 g/mol. The molecule has 0 saturated heterocycles. The summed E-state index contributed by atoms with van der Waals surface area (Å²) in [6, 6.07) is 13.4. The third-order valence-corrected chi connectivity index (χ3v) is 15.0. The number of amides is 3. The molecule has 4 N–H and O–H groups in total. The minimum atomic E-state index is -5.14. The number of carbonyl (C=O) groups is 6. The predicted molar refractivity (Wildman–Crippen MR) is 280 cm³/mol. The summed E-state index contributed by atoms with van der Waals surface area (Å²) >= 11 is 7.36. The summed E-state index contributed by atoms with van der Waals surface area (Å²) in [5.41, 5.74) is -4.02. The molecule has 6 rings (SSSR count). The Morgan fingerprint density at radius 3 is 1.81 bits per heavy atom. The van der Waals surface area contributed by atoms with Gasteiger partial charge in [-0.2, -0.15) is 26.3 Å². The van der Waals surface area contributed by atoms with Crippen LogP contribution in [0.5, 0.6) is 23.0 Å². The van der Waals surface area contributed by atoms with Crippen LogP contribution < -0.4 is 35.5 Å². The average Bonchev–Trinajstić information content (AvgIpc) is 3.90. The molecule has 0 bridgehead atoms. The van der Waals surface area contributed by atoms with Gasteiger partial charge < -0.3 is 49.1 Å². The van der Waals surface area contributed by atoms with Crippen molar-refractivity contribution in [2.24, 2.45) is 10.8 Å². The Balaban J connectivity index is 1.53. The van der Waals surface area contributed by atoms with Crippen LogP contribution in [0.4, 0.5) is 26.3 Å². The average molecular weight is 1170 g/mol. The van der Waals surface area contributed by atoms with Crippen LogP contribution in [0, 0.1) is 10.8 Å². The standard InChI is InChI=1S/C55H63ClF6N3O14P/c1-51(2,3)49(71)77-39-31-40-42(35-18-10-9-17-34(35)39)53(38-29-32(19-22-41(67)63-23-11-7-8-14-26-66)44(43(56)45(38)76-40)78-50(72)52(4,5)6)37-30-33(20-21-36(37)46(68)79-53)80(73,74-27-15-12-24-64-47(69)54(57,58)59)75-28-16-13-25-65-48(70)55(60,61)62/h9-10,17-18,20-21,29-31,66H,7-8,11-16,19,22-28H2,1-6H3,(H,63,67)(H,64,69)(H,65,70). The van der Waals surface area contributed by atoms with Gasteiger partial charge in [0.1, 0.15) is 16.5 Å². The van der Waals surface area contributed by atoms with Crippen molar-refractivity contribution in [3.05, 3.63) is 87.4 Å². The minimum absolute atomic E-state index is 0.00654. The van der Waals surface area contributed by atoms with Crippen LogP contribution in [0.2, 0.25) is 5.02 Å². The Kier molecular flexibility index (Phi) is 20.2. The van der Waals surface area contributed by atoms with Crippen molar-refractivity contribution in [1.82, 2.24) is 16.0 Å². The van der Waals surface area contributed by atoms with Crippen LogP contribution in [0.25, 0.3) is 10.8 Å². The fourth-order valence-corrected chi connectivity index (χ4v) is 10.4. The van der Waals surface area contributed by atoms with Crippen LogP contribution in [-0.2, 0) is 54.3 Å². The van der Waals surface area contributed by atoms with E-state index in [2.05, 4.69) is 5.32 Å². The molecule has 2 aliphatic heterocycles. The van der Waals surface area contributed by atoms with E-state index in [-0.39, 0.29) is 112 Å². The lowest BCUT2D eigenvalue weighted by atomic mass is 9.75. The second-order valence-corrected chi connectivity index (χ2v) is 23.5. The molecule has 4 aromatic rings. The Labute approximate surface area is 462 Å². The van der Waals surface area contributed by atoms with Crippen LogP contribution >= 0.6 is 19.2 Å². The smallest absolute Gasteiger partial charge is 0.455 e. The number of benzene rings is 4. The Morgan fingerprint density at radius 1 is 0.688 bits per heavy atom. The number of esters is 3. The summed E-state index contributed by atoms with van der Waals surface area (Å²) in [6.45, 7) is 8.39. The molecule has 2 aliphatic rings. The second-order valence-electron chi connectivity index (χ2n) is 21.1. The number of hydrogen-bond donors (Lipinski definition) is 4. The third-order valence-electron chi connectivity index (χ3n) is 12.7. The quantitative estimate of drug-likeness (QED) is 0.0168. The molecule has 25 heteroatoms. The van der Waals surface area contributed by atoms with Crippen molar-refractivity contribution in [1.29, 1.82) is 0 Å². The van der Waals surface area contributed by atoms with Crippen molar-refractivity contribution in [2.75, 3.05) is 39.5 Å². The molecular weight excluding hydrogens is 1110 g/mol. The number of hydrogen-bond acceptors (Lipinski definition) is 14. The van der Waals surface area contributed by atoms with Gasteiger partial charge in [0.25, 0.3) is 0 Å². The number of rotatable bonds is 24. The summed E-state index contributed by atoms with van der Waals surface area (Å²) in [5, 5.41) is 15.6. The zero-order valence-electron chi connectivity index (χ0n) is 44.9. The van der Waals surface area contributed by atoms with Gasteiger partial charge in [-0.3, -0.25) is 28.5 Å². The molecule has 17 nitrogen and oxygen atoms in total. The van der Waals surface area contributed by atoms with E-state index in [1.165, 1.54) is 30.3 Å². The van der Waals surface area contributed by atoms with Crippen LogP contribution in [-0.4, -0.2) is 92.5 Å². The van der Waals surface area contributed by atoms with Crippen LogP contribution in [0.1, 0.15) is 132 Å². The van der Waals surface area contributed by atoms with Gasteiger partial charge >= 0.3 is 49.7 Å². The first kappa shape index (κ1) is 62.9. The lowest BCUT2D eigenvalue weighted by Crippen LogP contribution is -2.37. The molecule has 1 spiro atoms. The van der Waals surface area contributed by atoms with E-state index >= 15 is 4.57 Å². The SMILES string of the molecule is CC(C)(C)C(=O)Oc1c(CCC(=O)NCCCCCCO)cc2c(c1Cl)Oc1cc(OC(=O)C(C)(C)C)c3ccccc3c1C21OC(=O)c2ccc(P(=O)(OCCCCNC(=O)C(F)(F)F)OCCCCNC(=O)C(F)(F)F)cc21. The fraction of sp³-hybridized carbons (Fsp3) is 0.491. The number of aliphatic hydroxyl groups is 1. The topological polar surface area (TPSA) is 231 Å². The molecule has 0 aliphatic carbocycles. The van der Waals surface area contributed by atoms with Crippen molar-refractivity contribution in [3.63, 3.8) is 0 Å². The maximum Gasteiger partial charge on any atom is 0.471 e. The first-order valence-electron chi connectivity index (χ1n) is 25.8. The van der Waals surface area contributed by atoms with E-state index in [0.717, 1.165) is 12.8 Å². The van der Waals surface area contributed by atoms with Gasteiger partial charge in [-0.25, -0.2) is 4.79 Å². The zero-order chi connectivity index (χ0) is 59.0. The van der Waals surface area contributed by atoms with Gasteiger partial charge in [-0.05, 0) is 122 Å². The molecule has 80 heavy (non-hydrogen) atoms. The summed E-state index contributed by atoms with van der Waals surface area (Å²) < 4.78 is 130. The largest absolute Gasteiger partial charge is 0.471 e. The predicted octanol–water partition coefficient (Wildman–Crippen LogP) is 10.3. The number of ether oxygens (including phenoxy) is 4. The number of alkyl halides is 6. The first-order chi connectivity index (χ1) is 37.4. The lowest BCUT2D eigenvalue weighted by molar-refractivity contribution is -0.173. The van der Waals surface area contributed by atoms with Crippen molar-refractivity contribution in [3.8, 4) is 23.0 Å². The Bertz CT molecular complexity index is 3010. The number of aryl methyl sites for hydroxylation is 1. The van der Waals surface area contributed by atoms with Gasteiger partial charge in [0, 0.05) is 55.2 Å². The normalized spacial score (nSPS) is 15.1. The maximum atomic E-state index is 15.3. The number of carbonyl (C=O) groups excluding carboxylic acids is 6. The van der Waals surface area contributed by atoms with E-state index < -0.39 is 92.4 Å². The van der Waals surface area contributed by atoms with E-state index in [9.17, 15) is 55.1 Å². The summed E-state index contributed by atoms with van der Waals surface area (Å²) in [7, 11) is -4.66. The Hall–Kier alpha value is -6.26. The van der Waals surface area contributed by atoms with Crippen molar-refractivity contribution in [2.45, 2.75) is 124 Å². The number of halogens is 7. The molecule has 3 amide bonds. The molecular formula is C55H63ClF6N3O14P. The van der Waals surface area contributed by atoms with E-state index in [1.807, 2.05) is 0 Å². The summed E-state index contributed by atoms with van der Waals surface area (Å²) in [5.74, 6) is -7.46. The molecule has 1 unspecified atom stereocenters. The Morgan fingerprint density at radius 2 is 1.24 bits per heavy atom. The molecule has 0 radical (unpaired) electrons. The molecule has 2 heterocycles. The van der Waals surface area contributed by atoms with Crippen LogP contribution in [0.3, 0.4) is 0 Å². The minimum Gasteiger partial charge on any atom is -0.455 e. The highest BCUT2D eigenvalue weighted by molar-refractivity contribution is 7.62. The maximum absolute atomic E-state index is 15.3. The van der Waals surface area contributed by atoms with Crippen molar-refractivity contribution >= 4 is 70.9 Å². The number of nitrogens with one attached hydrogen (secondary N) is 3. The molecule has 436 valence electrons. The molecule has 0 aromatic heterocycles. The highest BCUT2D eigenvalue weighted by atomic mass is 35.5. The van der Waals surface area contributed by atoms with Gasteiger partial charge in [-0.15, -0.1) is 0 Å². The van der Waals surface area contributed by atoms with Gasteiger partial charge in [0.2, 0.25) is 5.91 Å². The summed E-state index contributed by atoms with van der Waals surface area (Å²) in [4.78, 5) is 78.2. The first-order valence-corrected chi connectivity index (χ1v) is 27.8. The van der Waals surface area contributed by atoms with E-state index in [4.69, 9.17) is 44.7 Å². The van der Waals surface area contributed by atoms with Crippen LogP contribution in [0.15, 0.2) is 54.6 Å². The fourth-order valence-electron chi connectivity index (χ4n) is 8.49. The zero-order valence-corrected chi connectivity index (χ0v) is 46.5. The van der Waals surface area contributed by atoms with E-state index in [0.29, 0.717) is 30.2 Å². The highest BCUT2D eigenvalue weighted by Gasteiger charge is 2.56. The van der Waals surface area contributed by atoms with Crippen molar-refractivity contribution < 1.29 is 92.8 Å². The number of fused-ring (bicyclic) bond motifs is 8.